The second-order valence-corrected chi connectivity index (χ2v) is 5.22. The lowest BCUT2D eigenvalue weighted by Gasteiger charge is -2.06. The normalized spacial score (nSPS) is 10.5. The van der Waals surface area contributed by atoms with Gasteiger partial charge in [-0.15, -0.1) is 0 Å². The molecule has 0 heterocycles. The largest absolute Gasteiger partial charge is 0.294 e. The molecule has 0 fully saturated rings. The zero-order valence-electron chi connectivity index (χ0n) is 9.59. The summed E-state index contributed by atoms with van der Waals surface area (Å²) < 4.78 is 26.2. The molecule has 0 aromatic heterocycles. The second kappa shape index (κ2) is 5.80. The van der Waals surface area contributed by atoms with Gasteiger partial charge in [-0.3, -0.25) is 4.79 Å². The van der Waals surface area contributed by atoms with Gasteiger partial charge in [0.05, 0.1) is 0 Å². The lowest BCUT2D eigenvalue weighted by atomic mass is 10.0. The van der Waals surface area contributed by atoms with Gasteiger partial charge in [0.2, 0.25) is 0 Å². The molecule has 19 heavy (non-hydrogen) atoms. The summed E-state index contributed by atoms with van der Waals surface area (Å²) in [6.45, 7) is 0. The SMILES string of the molecule is O=C(Cc1ccc(F)cc1Cl)c1ccc(F)cc1Br. The zero-order chi connectivity index (χ0) is 14.0. The van der Waals surface area contributed by atoms with Crippen LogP contribution in [0, 0.1) is 11.6 Å². The van der Waals surface area contributed by atoms with Crippen molar-refractivity contribution in [3.63, 3.8) is 0 Å². The smallest absolute Gasteiger partial charge is 0.168 e. The molecule has 1 nitrogen and oxygen atoms in total. The van der Waals surface area contributed by atoms with Crippen LogP contribution in [0.3, 0.4) is 0 Å². The number of halogens is 4. The van der Waals surface area contributed by atoms with Gasteiger partial charge in [-0.1, -0.05) is 17.7 Å². The minimum absolute atomic E-state index is 0.0311. The van der Waals surface area contributed by atoms with Crippen molar-refractivity contribution in [3.05, 3.63) is 68.7 Å². The topological polar surface area (TPSA) is 17.1 Å². The van der Waals surface area contributed by atoms with Crippen molar-refractivity contribution in [3.8, 4) is 0 Å². The van der Waals surface area contributed by atoms with E-state index in [1.807, 2.05) is 0 Å². The number of ketones is 1. The van der Waals surface area contributed by atoms with Gasteiger partial charge in [0, 0.05) is 21.5 Å². The van der Waals surface area contributed by atoms with E-state index in [1.165, 1.54) is 30.3 Å². The van der Waals surface area contributed by atoms with Crippen molar-refractivity contribution in [2.75, 3.05) is 0 Å². The highest BCUT2D eigenvalue weighted by Crippen LogP contribution is 2.23. The lowest BCUT2D eigenvalue weighted by Crippen LogP contribution is -2.05. The van der Waals surface area contributed by atoms with Crippen LogP contribution < -0.4 is 0 Å². The standard InChI is InChI=1S/C14H8BrClF2O/c15-12-6-9(17)3-4-11(12)14(19)5-8-1-2-10(18)7-13(8)16/h1-4,6-7H,5H2. The molecule has 2 aromatic carbocycles. The van der Waals surface area contributed by atoms with Crippen molar-refractivity contribution in [1.29, 1.82) is 0 Å². The number of hydrogen-bond acceptors (Lipinski definition) is 1. The summed E-state index contributed by atoms with van der Waals surface area (Å²) in [6, 6.07) is 7.70. The fourth-order valence-electron chi connectivity index (χ4n) is 1.65. The molecule has 0 saturated heterocycles. The second-order valence-electron chi connectivity index (χ2n) is 3.96. The highest BCUT2D eigenvalue weighted by molar-refractivity contribution is 9.10. The van der Waals surface area contributed by atoms with Gasteiger partial charge in [0.15, 0.2) is 5.78 Å². The van der Waals surface area contributed by atoms with Crippen LogP contribution in [0.4, 0.5) is 8.78 Å². The molecule has 0 spiro atoms. The monoisotopic (exact) mass is 344 g/mol. The predicted molar refractivity (Wildman–Crippen MR) is 73.5 cm³/mol. The maximum atomic E-state index is 12.9. The number of Topliss-reactive ketones (excluding diaryl/α,β-unsaturated/α-hetero) is 1. The number of benzene rings is 2. The van der Waals surface area contributed by atoms with Gasteiger partial charge in [0.1, 0.15) is 11.6 Å². The molecule has 0 aliphatic heterocycles. The molecule has 0 bridgehead atoms. The van der Waals surface area contributed by atoms with Gasteiger partial charge in [0.25, 0.3) is 0 Å². The molecule has 0 N–H and O–H groups in total. The highest BCUT2D eigenvalue weighted by Gasteiger charge is 2.13. The maximum absolute atomic E-state index is 12.9. The molecule has 0 saturated carbocycles. The van der Waals surface area contributed by atoms with Crippen LogP contribution in [-0.4, -0.2) is 5.78 Å². The Balaban J connectivity index is 2.25. The van der Waals surface area contributed by atoms with Crippen LogP contribution in [0.5, 0.6) is 0 Å². The molecule has 0 unspecified atom stereocenters. The van der Waals surface area contributed by atoms with Gasteiger partial charge in [-0.05, 0) is 51.8 Å². The lowest BCUT2D eigenvalue weighted by molar-refractivity contribution is 0.0992. The molecule has 0 amide bonds. The first-order valence-electron chi connectivity index (χ1n) is 5.39. The van der Waals surface area contributed by atoms with E-state index in [0.717, 1.165) is 6.07 Å². The summed E-state index contributed by atoms with van der Waals surface area (Å²) >= 11 is 9.00. The molecule has 2 rings (SSSR count). The first-order chi connectivity index (χ1) is 8.97. The van der Waals surface area contributed by atoms with Gasteiger partial charge in [-0.2, -0.15) is 0 Å². The van der Waals surface area contributed by atoms with E-state index in [9.17, 15) is 13.6 Å². The maximum Gasteiger partial charge on any atom is 0.168 e. The Bertz CT molecular complexity index is 643. The van der Waals surface area contributed by atoms with E-state index in [1.54, 1.807) is 0 Å². The van der Waals surface area contributed by atoms with Crippen LogP contribution in [-0.2, 0) is 6.42 Å². The zero-order valence-corrected chi connectivity index (χ0v) is 11.9. The Labute approximate surface area is 122 Å². The molecular weight excluding hydrogens is 338 g/mol. The Morgan fingerprint density at radius 2 is 1.74 bits per heavy atom. The third kappa shape index (κ3) is 3.39. The van der Waals surface area contributed by atoms with Gasteiger partial charge in [-0.25, -0.2) is 8.78 Å². The van der Waals surface area contributed by atoms with Crippen molar-refractivity contribution in [2.45, 2.75) is 6.42 Å². The average molecular weight is 346 g/mol. The third-order valence-corrected chi connectivity index (χ3v) is 3.61. The van der Waals surface area contributed by atoms with E-state index in [-0.39, 0.29) is 17.2 Å². The molecule has 98 valence electrons. The summed E-state index contributed by atoms with van der Waals surface area (Å²) in [5.41, 5.74) is 0.895. The third-order valence-electron chi connectivity index (χ3n) is 2.60. The van der Waals surface area contributed by atoms with E-state index >= 15 is 0 Å². The summed E-state index contributed by atoms with van der Waals surface area (Å²) in [4.78, 5) is 12.1. The van der Waals surface area contributed by atoms with E-state index in [0.29, 0.717) is 15.6 Å². The minimum atomic E-state index is -0.454. The summed E-state index contributed by atoms with van der Waals surface area (Å²) in [6.07, 6.45) is 0.0311. The number of hydrogen-bond donors (Lipinski definition) is 0. The molecule has 2 aromatic rings. The summed E-state index contributed by atoms with van der Waals surface area (Å²) in [5.74, 6) is -1.10. The van der Waals surface area contributed by atoms with Crippen molar-refractivity contribution in [1.82, 2.24) is 0 Å². The molecule has 0 atom stereocenters. The van der Waals surface area contributed by atoms with Crippen molar-refractivity contribution < 1.29 is 13.6 Å². The summed E-state index contributed by atoms with van der Waals surface area (Å²) in [5, 5.41) is 0.201. The van der Waals surface area contributed by atoms with Crippen LogP contribution in [0.1, 0.15) is 15.9 Å². The van der Waals surface area contributed by atoms with Crippen LogP contribution in [0.25, 0.3) is 0 Å². The predicted octanol–water partition coefficient (Wildman–Crippen LogP) is 4.81. The molecule has 0 aliphatic carbocycles. The van der Waals surface area contributed by atoms with Gasteiger partial charge < -0.3 is 0 Å². The Kier molecular flexibility index (Phi) is 4.32. The number of carbonyl (C=O) groups excluding carboxylic acids is 1. The van der Waals surface area contributed by atoms with E-state index in [2.05, 4.69) is 15.9 Å². The van der Waals surface area contributed by atoms with Crippen molar-refractivity contribution >= 4 is 33.3 Å². The number of rotatable bonds is 3. The summed E-state index contributed by atoms with van der Waals surface area (Å²) in [7, 11) is 0. The fraction of sp³-hybridized carbons (Fsp3) is 0.0714. The fourth-order valence-corrected chi connectivity index (χ4v) is 2.45. The van der Waals surface area contributed by atoms with Crippen LogP contribution in [0.2, 0.25) is 5.02 Å². The Hall–Kier alpha value is -1.26. The van der Waals surface area contributed by atoms with Crippen LogP contribution in [0.15, 0.2) is 40.9 Å². The quantitative estimate of drug-likeness (QED) is 0.730. The highest BCUT2D eigenvalue weighted by atomic mass is 79.9. The Morgan fingerprint density at radius 3 is 2.37 bits per heavy atom. The number of carbonyl (C=O) groups is 1. The molecule has 0 aliphatic rings. The minimum Gasteiger partial charge on any atom is -0.294 e. The molecular formula is C14H8BrClF2O. The first-order valence-corrected chi connectivity index (χ1v) is 6.56. The Morgan fingerprint density at radius 1 is 1.11 bits per heavy atom. The van der Waals surface area contributed by atoms with E-state index in [4.69, 9.17) is 11.6 Å². The molecule has 0 radical (unpaired) electrons. The first kappa shape index (κ1) is 14.2. The average Bonchev–Trinajstić information content (AvgIpc) is 2.32. The molecule has 5 heteroatoms. The van der Waals surface area contributed by atoms with E-state index < -0.39 is 11.6 Å². The van der Waals surface area contributed by atoms with Crippen LogP contribution >= 0.6 is 27.5 Å². The van der Waals surface area contributed by atoms with Gasteiger partial charge >= 0.3 is 0 Å². The van der Waals surface area contributed by atoms with Crippen molar-refractivity contribution in [2.24, 2.45) is 0 Å².